The minimum atomic E-state index is -0.503. The Bertz CT molecular complexity index is 497. The zero-order chi connectivity index (χ0) is 16.7. The van der Waals surface area contributed by atoms with Gasteiger partial charge < -0.3 is 15.0 Å². The molecule has 22 heavy (non-hydrogen) atoms. The predicted octanol–water partition coefficient (Wildman–Crippen LogP) is 2.20. The second-order valence-corrected chi connectivity index (χ2v) is 5.54. The van der Waals surface area contributed by atoms with Crippen molar-refractivity contribution >= 4 is 11.8 Å². The quantitative estimate of drug-likeness (QED) is 0.840. The van der Waals surface area contributed by atoms with Crippen LogP contribution in [0.15, 0.2) is 24.3 Å². The van der Waals surface area contributed by atoms with Crippen LogP contribution in [0.2, 0.25) is 0 Å². The normalized spacial score (nSPS) is 11.9. The minimum absolute atomic E-state index is 0.0328. The fourth-order valence-electron chi connectivity index (χ4n) is 2.13. The van der Waals surface area contributed by atoms with Crippen molar-refractivity contribution in [2.24, 2.45) is 5.92 Å². The number of ether oxygens (including phenoxy) is 1. The third-order valence-electron chi connectivity index (χ3n) is 3.49. The van der Waals surface area contributed by atoms with E-state index >= 15 is 0 Å². The van der Waals surface area contributed by atoms with Crippen LogP contribution in [0, 0.1) is 5.92 Å². The van der Waals surface area contributed by atoms with E-state index in [1.165, 1.54) is 0 Å². The molecule has 122 valence electrons. The molecular weight excluding hydrogens is 280 g/mol. The van der Waals surface area contributed by atoms with E-state index in [9.17, 15) is 9.59 Å². The SMILES string of the molecule is CCNC(=O)[C@H](C)N(Cc1ccc(OC)cc1)C(=O)C(C)C. The maximum Gasteiger partial charge on any atom is 0.242 e. The van der Waals surface area contributed by atoms with Crippen LogP contribution < -0.4 is 10.1 Å². The molecule has 1 aromatic carbocycles. The second kappa shape index (κ2) is 8.41. The van der Waals surface area contributed by atoms with Gasteiger partial charge in [-0.3, -0.25) is 9.59 Å². The maximum absolute atomic E-state index is 12.4. The first kappa shape index (κ1) is 18.0. The molecule has 1 aromatic rings. The lowest BCUT2D eigenvalue weighted by Crippen LogP contribution is -2.48. The molecule has 0 aromatic heterocycles. The number of nitrogens with one attached hydrogen (secondary N) is 1. The number of benzene rings is 1. The van der Waals surface area contributed by atoms with Crippen molar-refractivity contribution in [3.63, 3.8) is 0 Å². The molecule has 0 spiro atoms. The van der Waals surface area contributed by atoms with Crippen LogP contribution in [0.5, 0.6) is 5.75 Å². The lowest BCUT2D eigenvalue weighted by Gasteiger charge is -2.30. The van der Waals surface area contributed by atoms with Crippen LogP contribution >= 0.6 is 0 Å². The molecule has 5 heteroatoms. The minimum Gasteiger partial charge on any atom is -0.497 e. The Kier molecular flexibility index (Phi) is 6.89. The highest BCUT2D eigenvalue weighted by atomic mass is 16.5. The molecule has 5 nitrogen and oxygen atoms in total. The molecule has 0 bridgehead atoms. The Balaban J connectivity index is 2.94. The summed E-state index contributed by atoms with van der Waals surface area (Å²) in [6.45, 7) is 8.26. The maximum atomic E-state index is 12.4. The standard InChI is InChI=1S/C17H26N2O3/c1-6-18-16(20)13(4)19(17(21)12(2)3)11-14-7-9-15(22-5)10-8-14/h7-10,12-13H,6,11H2,1-5H3,(H,18,20)/t13-/m0/s1. The highest BCUT2D eigenvalue weighted by molar-refractivity contribution is 5.88. The summed E-state index contributed by atoms with van der Waals surface area (Å²) in [5, 5.41) is 2.77. The van der Waals surface area contributed by atoms with Crippen molar-refractivity contribution in [1.29, 1.82) is 0 Å². The summed E-state index contributed by atoms with van der Waals surface area (Å²) in [5.41, 5.74) is 0.964. The molecule has 0 aliphatic rings. The number of amides is 2. The summed E-state index contributed by atoms with van der Waals surface area (Å²) in [6.07, 6.45) is 0. The van der Waals surface area contributed by atoms with Crippen molar-refractivity contribution in [2.45, 2.75) is 40.3 Å². The fraction of sp³-hybridized carbons (Fsp3) is 0.529. The monoisotopic (exact) mass is 306 g/mol. The van der Waals surface area contributed by atoms with Crippen LogP contribution in [0.1, 0.15) is 33.3 Å². The summed E-state index contributed by atoms with van der Waals surface area (Å²) in [7, 11) is 1.61. The number of hydrogen-bond acceptors (Lipinski definition) is 3. The van der Waals surface area contributed by atoms with Crippen molar-refractivity contribution in [3.8, 4) is 5.75 Å². The molecule has 0 aliphatic heterocycles. The molecule has 0 saturated carbocycles. The Morgan fingerprint density at radius 2 is 1.77 bits per heavy atom. The van der Waals surface area contributed by atoms with Crippen LogP contribution in [0.25, 0.3) is 0 Å². The van der Waals surface area contributed by atoms with Crippen molar-refractivity contribution in [3.05, 3.63) is 29.8 Å². The highest BCUT2D eigenvalue weighted by Crippen LogP contribution is 2.16. The number of rotatable bonds is 7. The summed E-state index contributed by atoms with van der Waals surface area (Å²) in [6, 6.07) is 7.01. The molecule has 1 atom stereocenters. The molecule has 0 aliphatic carbocycles. The number of carbonyl (C=O) groups is 2. The summed E-state index contributed by atoms with van der Waals surface area (Å²) in [4.78, 5) is 26.1. The lowest BCUT2D eigenvalue weighted by molar-refractivity contribution is -0.143. The average molecular weight is 306 g/mol. The lowest BCUT2D eigenvalue weighted by atomic mass is 10.1. The summed E-state index contributed by atoms with van der Waals surface area (Å²) >= 11 is 0. The highest BCUT2D eigenvalue weighted by Gasteiger charge is 2.27. The number of hydrogen-bond donors (Lipinski definition) is 1. The van der Waals surface area contributed by atoms with Crippen molar-refractivity contribution < 1.29 is 14.3 Å². The van der Waals surface area contributed by atoms with E-state index in [0.29, 0.717) is 13.1 Å². The van der Waals surface area contributed by atoms with Crippen molar-refractivity contribution in [1.82, 2.24) is 10.2 Å². The van der Waals surface area contributed by atoms with Gasteiger partial charge in [0.25, 0.3) is 0 Å². The smallest absolute Gasteiger partial charge is 0.242 e. The Hall–Kier alpha value is -2.04. The van der Waals surface area contributed by atoms with E-state index in [4.69, 9.17) is 4.74 Å². The molecule has 0 heterocycles. The van der Waals surface area contributed by atoms with Gasteiger partial charge in [-0.25, -0.2) is 0 Å². The molecule has 0 radical (unpaired) electrons. The first-order chi connectivity index (χ1) is 10.4. The van der Waals surface area contributed by atoms with Gasteiger partial charge in [-0.1, -0.05) is 26.0 Å². The molecule has 0 saturated heterocycles. The molecule has 1 N–H and O–H groups in total. The Morgan fingerprint density at radius 1 is 1.18 bits per heavy atom. The molecule has 1 rings (SSSR count). The Labute approximate surface area is 132 Å². The first-order valence-electron chi connectivity index (χ1n) is 7.61. The van der Waals surface area contributed by atoms with Gasteiger partial charge in [0.1, 0.15) is 11.8 Å². The van der Waals surface area contributed by atoms with Gasteiger partial charge in [0, 0.05) is 19.0 Å². The van der Waals surface area contributed by atoms with E-state index in [1.54, 1.807) is 18.9 Å². The first-order valence-corrected chi connectivity index (χ1v) is 7.61. The van der Waals surface area contributed by atoms with E-state index in [2.05, 4.69) is 5.32 Å². The van der Waals surface area contributed by atoms with E-state index in [1.807, 2.05) is 45.0 Å². The average Bonchev–Trinajstić information content (AvgIpc) is 2.52. The van der Waals surface area contributed by atoms with Crippen molar-refractivity contribution in [2.75, 3.05) is 13.7 Å². The van der Waals surface area contributed by atoms with Gasteiger partial charge in [-0.05, 0) is 31.5 Å². The zero-order valence-corrected chi connectivity index (χ0v) is 14.1. The number of nitrogens with zero attached hydrogens (tertiary/aromatic N) is 1. The van der Waals surface area contributed by atoms with Gasteiger partial charge in [0.2, 0.25) is 11.8 Å². The third-order valence-corrected chi connectivity index (χ3v) is 3.49. The topological polar surface area (TPSA) is 58.6 Å². The molecular formula is C17H26N2O3. The number of methoxy groups -OCH3 is 1. The fourth-order valence-corrected chi connectivity index (χ4v) is 2.13. The molecule has 0 unspecified atom stereocenters. The third kappa shape index (κ3) is 4.76. The van der Waals surface area contributed by atoms with Gasteiger partial charge in [0.15, 0.2) is 0 Å². The van der Waals surface area contributed by atoms with Gasteiger partial charge in [-0.2, -0.15) is 0 Å². The van der Waals surface area contributed by atoms with E-state index < -0.39 is 6.04 Å². The predicted molar refractivity (Wildman–Crippen MR) is 86.5 cm³/mol. The molecule has 0 fully saturated rings. The van der Waals surface area contributed by atoms with Crippen LogP contribution in [-0.4, -0.2) is 36.4 Å². The van der Waals surface area contributed by atoms with Gasteiger partial charge >= 0.3 is 0 Å². The number of carbonyl (C=O) groups excluding carboxylic acids is 2. The summed E-state index contributed by atoms with van der Waals surface area (Å²) in [5.74, 6) is 0.442. The largest absolute Gasteiger partial charge is 0.497 e. The molecule has 2 amide bonds. The van der Waals surface area contributed by atoms with Gasteiger partial charge in [-0.15, -0.1) is 0 Å². The van der Waals surface area contributed by atoms with E-state index in [-0.39, 0.29) is 17.7 Å². The van der Waals surface area contributed by atoms with Crippen LogP contribution in [-0.2, 0) is 16.1 Å². The number of likely N-dealkylation sites (N-methyl/N-ethyl adjacent to an activating group) is 1. The second-order valence-electron chi connectivity index (χ2n) is 5.54. The van der Waals surface area contributed by atoms with E-state index in [0.717, 1.165) is 11.3 Å². The van der Waals surface area contributed by atoms with Crippen LogP contribution in [0.4, 0.5) is 0 Å². The Morgan fingerprint density at radius 3 is 2.23 bits per heavy atom. The van der Waals surface area contributed by atoms with Gasteiger partial charge in [0.05, 0.1) is 7.11 Å². The zero-order valence-electron chi connectivity index (χ0n) is 14.1. The van der Waals surface area contributed by atoms with Crippen LogP contribution in [0.3, 0.4) is 0 Å². The summed E-state index contributed by atoms with van der Waals surface area (Å²) < 4.78 is 5.13.